The molecule has 0 aliphatic heterocycles. The molecule has 0 aliphatic carbocycles. The summed E-state index contributed by atoms with van der Waals surface area (Å²) in [6.07, 6.45) is 2.30. The molecule has 148 valence electrons. The number of nitrogens with one attached hydrogen (secondary N) is 1. The monoisotopic (exact) mass is 389 g/mol. The van der Waals surface area contributed by atoms with Crippen LogP contribution >= 0.6 is 0 Å². The van der Waals surface area contributed by atoms with E-state index in [1.807, 2.05) is 68.4 Å². The van der Waals surface area contributed by atoms with Gasteiger partial charge >= 0.3 is 5.97 Å². The lowest BCUT2D eigenvalue weighted by Crippen LogP contribution is -2.17. The highest BCUT2D eigenvalue weighted by atomic mass is 16.4. The molecule has 0 bridgehead atoms. The Morgan fingerprint density at radius 3 is 2.24 bits per heavy atom. The maximum absolute atomic E-state index is 11.8. The number of hydrogen-bond donors (Lipinski definition) is 2. The minimum absolute atomic E-state index is 0.0138. The minimum Gasteiger partial charge on any atom is -0.481 e. The first kappa shape index (κ1) is 20.2. The number of benzene rings is 2. The Balaban J connectivity index is 1.70. The van der Waals surface area contributed by atoms with E-state index in [2.05, 4.69) is 15.3 Å². The van der Waals surface area contributed by atoms with E-state index in [1.165, 1.54) is 0 Å². The van der Waals surface area contributed by atoms with Crippen LogP contribution in [0.15, 0.2) is 60.8 Å². The fraction of sp³-hybridized carbons (Fsp3) is 0.217. The predicted octanol–water partition coefficient (Wildman–Crippen LogP) is 3.96. The summed E-state index contributed by atoms with van der Waals surface area (Å²) in [7, 11) is 0. The molecule has 0 saturated carbocycles. The van der Waals surface area contributed by atoms with Gasteiger partial charge in [0.05, 0.1) is 12.1 Å². The zero-order valence-electron chi connectivity index (χ0n) is 16.4. The van der Waals surface area contributed by atoms with Crippen LogP contribution in [0, 0.1) is 5.92 Å². The highest BCUT2D eigenvalue weighted by molar-refractivity contribution is 5.92. The average Bonchev–Trinajstić information content (AvgIpc) is 2.70. The van der Waals surface area contributed by atoms with Crippen LogP contribution in [0.5, 0.6) is 0 Å². The first-order chi connectivity index (χ1) is 13.9. The Labute approximate surface area is 169 Å². The Bertz CT molecular complexity index is 997. The van der Waals surface area contributed by atoms with Crippen LogP contribution in [-0.2, 0) is 22.4 Å². The van der Waals surface area contributed by atoms with Crippen molar-refractivity contribution in [2.45, 2.75) is 26.7 Å². The van der Waals surface area contributed by atoms with E-state index in [-0.39, 0.29) is 18.2 Å². The summed E-state index contributed by atoms with van der Waals surface area (Å²) in [6, 6.07) is 16.8. The second-order valence-electron chi connectivity index (χ2n) is 7.14. The Kier molecular flexibility index (Phi) is 6.34. The lowest BCUT2D eigenvalue weighted by atomic mass is 10.1. The quantitative estimate of drug-likeness (QED) is 0.638. The van der Waals surface area contributed by atoms with Crippen molar-refractivity contribution in [2.75, 3.05) is 5.32 Å². The van der Waals surface area contributed by atoms with Crippen LogP contribution in [0.25, 0.3) is 11.3 Å². The van der Waals surface area contributed by atoms with Crippen molar-refractivity contribution >= 4 is 17.6 Å². The molecule has 2 N–H and O–H groups in total. The van der Waals surface area contributed by atoms with E-state index < -0.39 is 5.97 Å². The molecule has 29 heavy (non-hydrogen) atoms. The predicted molar refractivity (Wildman–Crippen MR) is 112 cm³/mol. The van der Waals surface area contributed by atoms with E-state index in [4.69, 9.17) is 5.11 Å². The molecule has 0 spiro atoms. The molecule has 0 unspecified atom stereocenters. The number of rotatable bonds is 7. The van der Waals surface area contributed by atoms with Crippen molar-refractivity contribution in [3.8, 4) is 11.3 Å². The van der Waals surface area contributed by atoms with Crippen LogP contribution in [-0.4, -0.2) is 27.0 Å². The lowest BCUT2D eigenvalue weighted by molar-refractivity contribution is -0.136. The van der Waals surface area contributed by atoms with Gasteiger partial charge in [-0.1, -0.05) is 50.2 Å². The van der Waals surface area contributed by atoms with Gasteiger partial charge in [0.1, 0.15) is 5.82 Å². The second-order valence-corrected chi connectivity index (χ2v) is 7.14. The molecule has 6 nitrogen and oxygen atoms in total. The van der Waals surface area contributed by atoms with E-state index >= 15 is 0 Å². The number of aromatic nitrogens is 2. The van der Waals surface area contributed by atoms with Crippen LogP contribution in [0.2, 0.25) is 0 Å². The molecule has 0 atom stereocenters. The summed E-state index contributed by atoms with van der Waals surface area (Å²) in [5.74, 6) is -0.247. The standard InChI is InChI=1S/C23H23N3O3/c1-15(2)23(29)25-19-9-7-18(8-10-19)20-11-12-24-21(26-20)13-16-3-5-17(6-4-16)14-22(27)28/h3-12,15H,13-14H2,1-2H3,(H,25,29)(H,27,28). The summed E-state index contributed by atoms with van der Waals surface area (Å²) in [5.41, 5.74) is 4.28. The maximum Gasteiger partial charge on any atom is 0.307 e. The molecule has 1 heterocycles. The van der Waals surface area contributed by atoms with E-state index in [9.17, 15) is 9.59 Å². The number of nitrogens with zero attached hydrogens (tertiary/aromatic N) is 2. The van der Waals surface area contributed by atoms with Crippen LogP contribution < -0.4 is 5.32 Å². The Morgan fingerprint density at radius 1 is 0.966 bits per heavy atom. The number of hydrogen-bond acceptors (Lipinski definition) is 4. The van der Waals surface area contributed by atoms with Crippen molar-refractivity contribution in [2.24, 2.45) is 5.92 Å². The third kappa shape index (κ3) is 5.72. The molecule has 0 aliphatic rings. The first-order valence-electron chi connectivity index (χ1n) is 9.43. The van der Waals surface area contributed by atoms with Gasteiger partial charge in [0.15, 0.2) is 0 Å². The van der Waals surface area contributed by atoms with Crippen molar-refractivity contribution in [3.63, 3.8) is 0 Å². The van der Waals surface area contributed by atoms with Crippen LogP contribution in [0.1, 0.15) is 30.8 Å². The zero-order valence-corrected chi connectivity index (χ0v) is 16.4. The summed E-state index contributed by atoms with van der Waals surface area (Å²) >= 11 is 0. The molecule has 0 fully saturated rings. The molecular formula is C23H23N3O3. The fourth-order valence-electron chi connectivity index (χ4n) is 2.79. The van der Waals surface area contributed by atoms with Gasteiger partial charge in [0.25, 0.3) is 0 Å². The van der Waals surface area contributed by atoms with Gasteiger partial charge in [-0.3, -0.25) is 9.59 Å². The number of carbonyl (C=O) groups excluding carboxylic acids is 1. The molecule has 2 aromatic carbocycles. The normalized spacial score (nSPS) is 10.7. The van der Waals surface area contributed by atoms with Crippen molar-refractivity contribution in [1.82, 2.24) is 9.97 Å². The van der Waals surface area contributed by atoms with Gasteiger partial charge < -0.3 is 10.4 Å². The number of carboxylic acids is 1. The summed E-state index contributed by atoms with van der Waals surface area (Å²) < 4.78 is 0. The number of anilines is 1. The molecule has 0 radical (unpaired) electrons. The van der Waals surface area contributed by atoms with Gasteiger partial charge in [0.2, 0.25) is 5.91 Å². The number of carboxylic acid groups (broad SMARTS) is 1. The maximum atomic E-state index is 11.8. The molecule has 0 saturated heterocycles. The number of amides is 1. The number of aliphatic carboxylic acids is 1. The van der Waals surface area contributed by atoms with Gasteiger partial charge in [-0.25, -0.2) is 9.97 Å². The summed E-state index contributed by atoms with van der Waals surface area (Å²) in [4.78, 5) is 31.6. The van der Waals surface area contributed by atoms with Gasteiger partial charge in [-0.2, -0.15) is 0 Å². The zero-order chi connectivity index (χ0) is 20.8. The molecule has 1 amide bonds. The Hall–Kier alpha value is -3.54. The van der Waals surface area contributed by atoms with E-state index in [0.717, 1.165) is 28.1 Å². The lowest BCUT2D eigenvalue weighted by Gasteiger charge is -2.09. The molecule has 3 rings (SSSR count). The van der Waals surface area contributed by atoms with Crippen molar-refractivity contribution in [1.29, 1.82) is 0 Å². The average molecular weight is 389 g/mol. The van der Waals surface area contributed by atoms with Gasteiger partial charge in [-0.05, 0) is 29.3 Å². The fourth-order valence-corrected chi connectivity index (χ4v) is 2.79. The van der Waals surface area contributed by atoms with Gasteiger partial charge in [-0.15, -0.1) is 0 Å². The van der Waals surface area contributed by atoms with Gasteiger partial charge in [0, 0.05) is 29.8 Å². The topological polar surface area (TPSA) is 92.2 Å². The second kappa shape index (κ2) is 9.10. The SMILES string of the molecule is CC(C)C(=O)Nc1ccc(-c2ccnc(Cc3ccc(CC(=O)O)cc3)n2)cc1. The molecule has 6 heteroatoms. The molecule has 1 aromatic heterocycles. The molecular weight excluding hydrogens is 366 g/mol. The number of carbonyl (C=O) groups is 2. The minimum atomic E-state index is -0.844. The largest absolute Gasteiger partial charge is 0.481 e. The summed E-state index contributed by atoms with van der Waals surface area (Å²) in [5, 5.41) is 11.7. The van der Waals surface area contributed by atoms with E-state index in [1.54, 1.807) is 6.20 Å². The van der Waals surface area contributed by atoms with Crippen LogP contribution in [0.4, 0.5) is 5.69 Å². The van der Waals surface area contributed by atoms with E-state index in [0.29, 0.717) is 12.2 Å². The van der Waals surface area contributed by atoms with Crippen molar-refractivity contribution in [3.05, 3.63) is 77.7 Å². The third-order valence-corrected chi connectivity index (χ3v) is 4.42. The highest BCUT2D eigenvalue weighted by Gasteiger charge is 2.08. The summed E-state index contributed by atoms with van der Waals surface area (Å²) in [6.45, 7) is 3.71. The first-order valence-corrected chi connectivity index (χ1v) is 9.43. The van der Waals surface area contributed by atoms with Crippen LogP contribution in [0.3, 0.4) is 0 Å². The van der Waals surface area contributed by atoms with Crippen molar-refractivity contribution < 1.29 is 14.7 Å². The molecule has 3 aromatic rings. The highest BCUT2D eigenvalue weighted by Crippen LogP contribution is 2.20. The Morgan fingerprint density at radius 2 is 1.62 bits per heavy atom. The smallest absolute Gasteiger partial charge is 0.307 e. The third-order valence-electron chi connectivity index (χ3n) is 4.42.